The van der Waals surface area contributed by atoms with Gasteiger partial charge in [0.15, 0.2) is 11.6 Å². The van der Waals surface area contributed by atoms with Crippen LogP contribution in [0.4, 0.5) is 0 Å². The molecule has 0 atom stereocenters. The molecule has 0 aromatic heterocycles. The number of hydrogen-bond donors (Lipinski definition) is 0. The van der Waals surface area contributed by atoms with Crippen molar-refractivity contribution >= 4 is 44.3 Å². The lowest BCUT2D eigenvalue weighted by molar-refractivity contribution is 0.0990. The third-order valence-electron chi connectivity index (χ3n) is 4.02. The predicted molar refractivity (Wildman–Crippen MR) is 94.7 cm³/mol. The quantitative estimate of drug-likeness (QED) is 0.447. The Balaban J connectivity index is 1.87. The van der Waals surface area contributed by atoms with Crippen LogP contribution in [0.3, 0.4) is 0 Å². The first kappa shape index (κ1) is 14.1. The van der Waals surface area contributed by atoms with Crippen molar-refractivity contribution in [1.82, 2.24) is 0 Å². The molecule has 0 N–H and O–H groups in total. The third kappa shape index (κ3) is 2.34. The number of fused-ring (bicyclic) bond motifs is 2. The summed E-state index contributed by atoms with van der Waals surface area (Å²) in [5.74, 6) is -0.397. The standard InChI is InChI=1S/C20H11BrO2/c21-15-7-3-4-12(8-15)9-18-19(22)16-10-13-5-1-2-6-14(13)11-17(16)20(18)23/h1-11H. The minimum atomic E-state index is -0.198. The third-order valence-corrected chi connectivity index (χ3v) is 4.52. The van der Waals surface area contributed by atoms with Crippen LogP contribution in [0.2, 0.25) is 0 Å². The molecule has 0 aliphatic heterocycles. The van der Waals surface area contributed by atoms with Crippen LogP contribution >= 0.6 is 15.9 Å². The summed E-state index contributed by atoms with van der Waals surface area (Å²) in [5, 5.41) is 1.94. The summed E-state index contributed by atoms with van der Waals surface area (Å²) >= 11 is 3.40. The molecule has 1 aliphatic carbocycles. The molecule has 1 aliphatic rings. The maximum atomic E-state index is 12.6. The Kier molecular flexibility index (Phi) is 3.24. The summed E-state index contributed by atoms with van der Waals surface area (Å²) in [5.41, 5.74) is 2.05. The first-order valence-electron chi connectivity index (χ1n) is 7.23. The van der Waals surface area contributed by atoms with E-state index in [1.165, 1.54) is 0 Å². The summed E-state index contributed by atoms with van der Waals surface area (Å²) in [4.78, 5) is 25.3. The lowest BCUT2D eigenvalue weighted by Crippen LogP contribution is -2.00. The fourth-order valence-corrected chi connectivity index (χ4v) is 3.32. The van der Waals surface area contributed by atoms with E-state index in [0.717, 1.165) is 20.8 Å². The number of hydrogen-bond acceptors (Lipinski definition) is 2. The monoisotopic (exact) mass is 362 g/mol. The Labute approximate surface area is 141 Å². The first-order valence-corrected chi connectivity index (χ1v) is 8.02. The molecule has 110 valence electrons. The van der Waals surface area contributed by atoms with E-state index in [4.69, 9.17) is 0 Å². The van der Waals surface area contributed by atoms with Crippen LogP contribution < -0.4 is 0 Å². The summed E-state index contributed by atoms with van der Waals surface area (Å²) in [7, 11) is 0. The number of carbonyl (C=O) groups is 2. The lowest BCUT2D eigenvalue weighted by atomic mass is 10.0. The fourth-order valence-electron chi connectivity index (χ4n) is 2.90. The second-order valence-electron chi connectivity index (χ2n) is 5.52. The van der Waals surface area contributed by atoms with E-state index in [1.54, 1.807) is 6.08 Å². The molecule has 0 spiro atoms. The minimum absolute atomic E-state index is 0.198. The van der Waals surface area contributed by atoms with E-state index in [2.05, 4.69) is 15.9 Å². The Bertz CT molecular complexity index is 959. The maximum absolute atomic E-state index is 12.6. The van der Waals surface area contributed by atoms with E-state index in [1.807, 2.05) is 60.7 Å². The van der Waals surface area contributed by atoms with Crippen molar-refractivity contribution in [3.63, 3.8) is 0 Å². The minimum Gasteiger partial charge on any atom is -0.288 e. The van der Waals surface area contributed by atoms with Gasteiger partial charge >= 0.3 is 0 Å². The zero-order chi connectivity index (χ0) is 16.0. The Morgan fingerprint density at radius 3 is 1.91 bits per heavy atom. The van der Waals surface area contributed by atoms with Crippen LogP contribution in [0, 0.1) is 0 Å². The maximum Gasteiger partial charge on any atom is 0.197 e. The smallest absolute Gasteiger partial charge is 0.197 e. The van der Waals surface area contributed by atoms with Gasteiger partial charge in [-0.2, -0.15) is 0 Å². The number of carbonyl (C=O) groups excluding carboxylic acids is 2. The van der Waals surface area contributed by atoms with Gasteiger partial charge in [0.1, 0.15) is 0 Å². The number of ketones is 2. The molecule has 3 aromatic carbocycles. The molecule has 4 rings (SSSR count). The van der Waals surface area contributed by atoms with Gasteiger partial charge in [-0.15, -0.1) is 0 Å². The van der Waals surface area contributed by atoms with Crippen molar-refractivity contribution in [2.24, 2.45) is 0 Å². The molecule has 3 heteroatoms. The molecule has 0 saturated carbocycles. The van der Waals surface area contributed by atoms with Gasteiger partial charge in [-0.3, -0.25) is 9.59 Å². The molecule has 0 amide bonds. The van der Waals surface area contributed by atoms with E-state index in [0.29, 0.717) is 11.1 Å². The number of halogens is 1. The molecule has 0 unspecified atom stereocenters. The van der Waals surface area contributed by atoms with Gasteiger partial charge in [-0.25, -0.2) is 0 Å². The average molecular weight is 363 g/mol. The lowest BCUT2D eigenvalue weighted by Gasteiger charge is -2.00. The van der Waals surface area contributed by atoms with Crippen LogP contribution in [-0.4, -0.2) is 11.6 Å². The molecule has 0 heterocycles. The Hall–Kier alpha value is -2.52. The fraction of sp³-hybridized carbons (Fsp3) is 0. The van der Waals surface area contributed by atoms with Crippen molar-refractivity contribution in [2.45, 2.75) is 0 Å². The molecule has 0 bridgehead atoms. The molecule has 0 fully saturated rings. The molecule has 23 heavy (non-hydrogen) atoms. The van der Waals surface area contributed by atoms with Crippen molar-refractivity contribution in [3.05, 3.63) is 87.4 Å². The highest BCUT2D eigenvalue weighted by atomic mass is 79.9. The van der Waals surface area contributed by atoms with E-state index < -0.39 is 0 Å². The van der Waals surface area contributed by atoms with Gasteiger partial charge < -0.3 is 0 Å². The van der Waals surface area contributed by atoms with Crippen LogP contribution in [0.5, 0.6) is 0 Å². The van der Waals surface area contributed by atoms with Crippen LogP contribution in [0.15, 0.2) is 70.7 Å². The SMILES string of the molecule is O=C1C(=Cc2cccc(Br)c2)C(=O)c2cc3ccccc3cc21. The molecule has 0 saturated heterocycles. The van der Waals surface area contributed by atoms with Crippen LogP contribution in [0.25, 0.3) is 16.8 Å². The molecular formula is C20H11BrO2. The van der Waals surface area contributed by atoms with Crippen LogP contribution in [0.1, 0.15) is 26.3 Å². The highest BCUT2D eigenvalue weighted by molar-refractivity contribution is 9.10. The van der Waals surface area contributed by atoms with Crippen molar-refractivity contribution < 1.29 is 9.59 Å². The second kappa shape index (κ2) is 5.28. The first-order chi connectivity index (χ1) is 11.1. The van der Waals surface area contributed by atoms with Gasteiger partial charge in [0, 0.05) is 15.6 Å². The predicted octanol–water partition coefficient (Wildman–Crippen LogP) is 5.06. The van der Waals surface area contributed by atoms with Gasteiger partial charge in [-0.05, 0) is 46.7 Å². The largest absolute Gasteiger partial charge is 0.288 e. The van der Waals surface area contributed by atoms with Crippen molar-refractivity contribution in [3.8, 4) is 0 Å². The van der Waals surface area contributed by atoms with Gasteiger partial charge in [0.25, 0.3) is 0 Å². The van der Waals surface area contributed by atoms with E-state index >= 15 is 0 Å². The Morgan fingerprint density at radius 2 is 1.35 bits per heavy atom. The number of rotatable bonds is 1. The highest BCUT2D eigenvalue weighted by Gasteiger charge is 2.33. The van der Waals surface area contributed by atoms with Crippen LogP contribution in [-0.2, 0) is 0 Å². The zero-order valence-corrected chi connectivity index (χ0v) is 13.6. The Morgan fingerprint density at radius 1 is 0.739 bits per heavy atom. The number of Topliss-reactive ketones (excluding diaryl/α,β-unsaturated/α-hetero) is 2. The highest BCUT2D eigenvalue weighted by Crippen LogP contribution is 2.31. The van der Waals surface area contributed by atoms with E-state index in [9.17, 15) is 9.59 Å². The summed E-state index contributed by atoms with van der Waals surface area (Å²) in [6.45, 7) is 0. The number of benzene rings is 3. The summed E-state index contributed by atoms with van der Waals surface area (Å²) in [6, 6.07) is 18.9. The van der Waals surface area contributed by atoms with E-state index in [-0.39, 0.29) is 17.1 Å². The zero-order valence-electron chi connectivity index (χ0n) is 12.0. The van der Waals surface area contributed by atoms with Gasteiger partial charge in [-0.1, -0.05) is 52.3 Å². The number of allylic oxidation sites excluding steroid dienone is 1. The molecule has 0 radical (unpaired) electrons. The average Bonchev–Trinajstić information content (AvgIpc) is 2.78. The van der Waals surface area contributed by atoms with Gasteiger partial charge in [0.05, 0.1) is 5.57 Å². The van der Waals surface area contributed by atoms with Crippen molar-refractivity contribution in [1.29, 1.82) is 0 Å². The summed E-state index contributed by atoms with van der Waals surface area (Å²) < 4.78 is 0.910. The second-order valence-corrected chi connectivity index (χ2v) is 6.43. The normalized spacial score (nSPS) is 13.5. The van der Waals surface area contributed by atoms with Gasteiger partial charge in [0.2, 0.25) is 0 Å². The summed E-state index contributed by atoms with van der Waals surface area (Å²) in [6.07, 6.45) is 1.67. The van der Waals surface area contributed by atoms with Crippen molar-refractivity contribution in [2.75, 3.05) is 0 Å². The topological polar surface area (TPSA) is 34.1 Å². The molecule has 3 aromatic rings. The molecular weight excluding hydrogens is 352 g/mol. The molecule has 2 nitrogen and oxygen atoms in total.